The van der Waals surface area contributed by atoms with Crippen molar-refractivity contribution < 1.29 is 29.4 Å². The second-order valence-electron chi connectivity index (χ2n) is 7.70. The first-order chi connectivity index (χ1) is 17.1. The van der Waals surface area contributed by atoms with Crippen LogP contribution in [0, 0.1) is 4.91 Å². The molecule has 2 amide bonds. The molecule has 0 unspecified atom stereocenters. The SMILES string of the molecule is Nc1nc2c(c(=O)[nH]1)N(C=O)[C@@H](CN(N=O)c1ccc(C(=O)N[C@@H](CCC(=O)O)C(=O)O)cc1)CN2. The van der Waals surface area contributed by atoms with Crippen molar-refractivity contribution in [2.45, 2.75) is 24.9 Å². The molecule has 16 nitrogen and oxygen atoms in total. The Morgan fingerprint density at radius 3 is 2.58 bits per heavy atom. The lowest BCUT2D eigenvalue weighted by molar-refractivity contribution is -0.140. The van der Waals surface area contributed by atoms with Crippen LogP contribution in [0.1, 0.15) is 23.2 Å². The molecule has 2 atom stereocenters. The van der Waals surface area contributed by atoms with Gasteiger partial charge in [0.1, 0.15) is 6.04 Å². The van der Waals surface area contributed by atoms with Crippen molar-refractivity contribution in [2.24, 2.45) is 5.29 Å². The number of hydrogen-bond acceptors (Lipinski definition) is 10. The summed E-state index contributed by atoms with van der Waals surface area (Å²) in [6.45, 7) is 0.00137. The first-order valence-electron chi connectivity index (χ1n) is 10.5. The van der Waals surface area contributed by atoms with Crippen LogP contribution in [0.15, 0.2) is 34.3 Å². The smallest absolute Gasteiger partial charge is 0.326 e. The number of aromatic nitrogens is 2. The van der Waals surface area contributed by atoms with Gasteiger partial charge in [0.15, 0.2) is 11.5 Å². The number of nitroso groups, excluding NO2 is 1. The number of carboxylic acids is 2. The normalized spacial score (nSPS) is 15.1. The zero-order valence-electron chi connectivity index (χ0n) is 18.6. The highest BCUT2D eigenvalue weighted by Crippen LogP contribution is 2.26. The van der Waals surface area contributed by atoms with E-state index in [1.54, 1.807) is 0 Å². The van der Waals surface area contributed by atoms with E-state index in [4.69, 9.17) is 10.8 Å². The van der Waals surface area contributed by atoms with Gasteiger partial charge in [0.25, 0.3) is 11.5 Å². The van der Waals surface area contributed by atoms with E-state index in [9.17, 15) is 34.0 Å². The number of hydrogen-bond donors (Lipinski definition) is 6. The fraction of sp³-hybridized carbons (Fsp3) is 0.300. The van der Waals surface area contributed by atoms with E-state index in [0.717, 1.165) is 9.91 Å². The van der Waals surface area contributed by atoms with Crippen molar-refractivity contribution in [2.75, 3.05) is 34.0 Å². The van der Waals surface area contributed by atoms with Crippen molar-refractivity contribution in [1.82, 2.24) is 15.3 Å². The number of carbonyl (C=O) groups excluding carboxylic acids is 2. The summed E-state index contributed by atoms with van der Waals surface area (Å²) in [5.41, 5.74) is 5.12. The van der Waals surface area contributed by atoms with Gasteiger partial charge in [-0.1, -0.05) is 0 Å². The molecule has 0 spiro atoms. The number of carboxylic acid groups (broad SMARTS) is 2. The van der Waals surface area contributed by atoms with E-state index >= 15 is 0 Å². The number of anilines is 4. The third kappa shape index (κ3) is 5.72. The molecule has 1 aliphatic heterocycles. The van der Waals surface area contributed by atoms with Gasteiger partial charge in [-0.05, 0) is 30.7 Å². The molecule has 0 saturated heterocycles. The summed E-state index contributed by atoms with van der Waals surface area (Å²) in [5, 5.41) is 27.0. The number of nitrogen functional groups attached to an aromatic ring is 1. The maximum atomic E-state index is 12.4. The number of amides is 2. The van der Waals surface area contributed by atoms with Crippen molar-refractivity contribution >= 4 is 47.4 Å². The minimum atomic E-state index is -1.40. The third-order valence-corrected chi connectivity index (χ3v) is 5.34. The molecule has 0 aliphatic carbocycles. The predicted molar refractivity (Wildman–Crippen MR) is 125 cm³/mol. The van der Waals surface area contributed by atoms with Gasteiger partial charge >= 0.3 is 11.9 Å². The molecule has 36 heavy (non-hydrogen) atoms. The molecule has 0 radical (unpaired) electrons. The fourth-order valence-corrected chi connectivity index (χ4v) is 3.57. The summed E-state index contributed by atoms with van der Waals surface area (Å²) in [7, 11) is 0. The van der Waals surface area contributed by atoms with E-state index in [1.165, 1.54) is 24.3 Å². The number of nitrogens with one attached hydrogen (secondary N) is 3. The molecule has 0 bridgehead atoms. The van der Waals surface area contributed by atoms with Crippen LogP contribution in [0.4, 0.5) is 23.1 Å². The highest BCUT2D eigenvalue weighted by molar-refractivity contribution is 5.97. The molecule has 1 aliphatic rings. The summed E-state index contributed by atoms with van der Waals surface area (Å²) < 4.78 is 0. The van der Waals surface area contributed by atoms with E-state index in [-0.39, 0.29) is 48.2 Å². The topological polar surface area (TPSA) is 240 Å². The molecule has 0 fully saturated rings. The molecule has 1 aromatic heterocycles. The molecule has 0 saturated carbocycles. The molecular formula is C20H22N8O8. The summed E-state index contributed by atoms with van der Waals surface area (Å²) in [6.07, 6.45) is -0.311. The van der Waals surface area contributed by atoms with Gasteiger partial charge in [-0.3, -0.25) is 24.2 Å². The lowest BCUT2D eigenvalue weighted by Gasteiger charge is -2.35. The molecule has 1 aromatic carbocycles. The number of carbonyl (C=O) groups is 4. The number of nitrogens with two attached hydrogens (primary N) is 1. The number of fused-ring (bicyclic) bond motifs is 1. The fourth-order valence-electron chi connectivity index (χ4n) is 3.57. The Hall–Kier alpha value is -5.02. The van der Waals surface area contributed by atoms with Crippen molar-refractivity contribution in [3.05, 3.63) is 45.1 Å². The van der Waals surface area contributed by atoms with Crippen LogP contribution in [0.5, 0.6) is 0 Å². The summed E-state index contributed by atoms with van der Waals surface area (Å²) in [6, 6.07) is 3.31. The van der Waals surface area contributed by atoms with Crippen molar-refractivity contribution in [1.29, 1.82) is 0 Å². The zero-order chi connectivity index (χ0) is 26.4. The maximum Gasteiger partial charge on any atom is 0.326 e. The first kappa shape index (κ1) is 25.6. The van der Waals surface area contributed by atoms with Gasteiger partial charge in [0.05, 0.1) is 23.6 Å². The van der Waals surface area contributed by atoms with Crippen LogP contribution in [0.2, 0.25) is 0 Å². The lowest BCUT2D eigenvalue weighted by Crippen LogP contribution is -2.51. The molecule has 3 rings (SSSR count). The predicted octanol–water partition coefficient (Wildman–Crippen LogP) is -0.655. The average molecular weight is 502 g/mol. The average Bonchev–Trinajstić information content (AvgIpc) is 2.84. The van der Waals surface area contributed by atoms with E-state index in [1.807, 2.05) is 0 Å². The second kappa shape index (κ2) is 10.9. The van der Waals surface area contributed by atoms with Crippen LogP contribution < -0.4 is 31.8 Å². The van der Waals surface area contributed by atoms with Crippen LogP contribution in [-0.4, -0.2) is 69.6 Å². The van der Waals surface area contributed by atoms with Gasteiger partial charge in [-0.15, -0.1) is 4.91 Å². The molecule has 190 valence electrons. The van der Waals surface area contributed by atoms with Gasteiger partial charge in [0.2, 0.25) is 12.4 Å². The van der Waals surface area contributed by atoms with Crippen molar-refractivity contribution in [3.63, 3.8) is 0 Å². The molecule has 7 N–H and O–H groups in total. The lowest BCUT2D eigenvalue weighted by atomic mass is 10.1. The number of benzene rings is 1. The first-order valence-corrected chi connectivity index (χ1v) is 10.5. The van der Waals surface area contributed by atoms with Gasteiger partial charge < -0.3 is 31.5 Å². The standard InChI is InChI=1S/C20H22N8O8/c21-20-24-16-15(18(33)25-20)27(9-29)12(7-22-16)8-28(26-36)11-3-1-10(2-4-11)17(32)23-13(19(34)35)5-6-14(30)31/h1-4,9,12-13H,5-8H2,(H,23,32)(H,30,31)(H,34,35)(H4,21,22,24,25,33)/t12-,13+/m1/s1. The van der Waals surface area contributed by atoms with Crippen LogP contribution in [0.3, 0.4) is 0 Å². The van der Waals surface area contributed by atoms with Crippen LogP contribution in [0.25, 0.3) is 0 Å². The molecule has 16 heteroatoms. The summed E-state index contributed by atoms with van der Waals surface area (Å²) in [5.74, 6) is -3.35. The number of rotatable bonds is 11. The Kier molecular flexibility index (Phi) is 7.78. The number of aromatic amines is 1. The van der Waals surface area contributed by atoms with E-state index in [2.05, 4.69) is 25.9 Å². The third-order valence-electron chi connectivity index (χ3n) is 5.34. The monoisotopic (exact) mass is 502 g/mol. The van der Waals surface area contributed by atoms with Gasteiger partial charge in [-0.2, -0.15) is 4.98 Å². The molecular weight excluding hydrogens is 480 g/mol. The van der Waals surface area contributed by atoms with E-state index in [0.29, 0.717) is 6.41 Å². The minimum absolute atomic E-state index is 0.0594. The Morgan fingerprint density at radius 2 is 2.00 bits per heavy atom. The van der Waals surface area contributed by atoms with Gasteiger partial charge in [-0.25, -0.2) is 9.80 Å². The number of nitrogens with zero attached hydrogens (tertiary/aromatic N) is 4. The molecule has 2 heterocycles. The van der Waals surface area contributed by atoms with Crippen LogP contribution in [-0.2, 0) is 14.4 Å². The quantitative estimate of drug-likeness (QED) is 0.127. The minimum Gasteiger partial charge on any atom is -0.481 e. The van der Waals surface area contributed by atoms with Crippen molar-refractivity contribution in [3.8, 4) is 0 Å². The second-order valence-corrected chi connectivity index (χ2v) is 7.70. The Labute approximate surface area is 202 Å². The van der Waals surface area contributed by atoms with Gasteiger partial charge in [0, 0.05) is 18.5 Å². The number of H-pyrrole nitrogens is 1. The largest absolute Gasteiger partial charge is 0.481 e. The zero-order valence-corrected chi connectivity index (χ0v) is 18.6. The highest BCUT2D eigenvalue weighted by atomic mass is 16.4. The maximum absolute atomic E-state index is 12.4. The van der Waals surface area contributed by atoms with Crippen LogP contribution >= 0.6 is 0 Å². The summed E-state index contributed by atoms with van der Waals surface area (Å²) >= 11 is 0. The highest BCUT2D eigenvalue weighted by Gasteiger charge is 2.32. The van der Waals surface area contributed by atoms with E-state index < -0.39 is 41.9 Å². The molecule has 2 aromatic rings. The Balaban J connectivity index is 1.72. The summed E-state index contributed by atoms with van der Waals surface area (Å²) in [4.78, 5) is 77.4. The Bertz CT molecular complexity index is 1230. The Morgan fingerprint density at radius 1 is 1.31 bits per heavy atom. The number of aliphatic carboxylic acids is 2.